The van der Waals surface area contributed by atoms with Gasteiger partial charge in [0, 0.05) is 20.2 Å². The first-order chi connectivity index (χ1) is 8.28. The maximum Gasteiger partial charge on any atom is 0.203 e. The fourth-order valence-corrected chi connectivity index (χ4v) is 2.33. The molecule has 17 heavy (non-hydrogen) atoms. The Morgan fingerprint density at radius 2 is 2.12 bits per heavy atom. The van der Waals surface area contributed by atoms with Crippen LogP contribution >= 0.6 is 0 Å². The van der Waals surface area contributed by atoms with Crippen LogP contribution in [0, 0.1) is 0 Å². The number of rotatable bonds is 3. The van der Waals surface area contributed by atoms with Crippen molar-refractivity contribution in [2.75, 3.05) is 12.4 Å². The smallest absolute Gasteiger partial charge is 0.203 e. The normalized spacial score (nSPS) is 23.6. The summed E-state index contributed by atoms with van der Waals surface area (Å²) in [4.78, 5) is 4.60. The molecule has 2 aromatic rings. The number of para-hydroxylation sites is 2. The number of nitrogens with zero attached hydrogens (tertiary/aromatic N) is 2. The number of hydrogen-bond acceptors (Lipinski definition) is 3. The van der Waals surface area contributed by atoms with Gasteiger partial charge in [-0.15, -0.1) is 0 Å². The summed E-state index contributed by atoms with van der Waals surface area (Å²) in [6.07, 6.45) is 2.56. The SMILES string of the molecule is COC1CC(Nc2nc3ccccc3n2C)C1. The minimum Gasteiger partial charge on any atom is -0.381 e. The van der Waals surface area contributed by atoms with E-state index in [1.807, 2.05) is 25.2 Å². The maximum atomic E-state index is 5.28. The third-order valence-corrected chi connectivity index (χ3v) is 3.55. The van der Waals surface area contributed by atoms with Crippen LogP contribution in [-0.4, -0.2) is 28.8 Å². The molecule has 0 bridgehead atoms. The lowest BCUT2D eigenvalue weighted by molar-refractivity contribution is 0.0326. The molecule has 0 atom stereocenters. The van der Waals surface area contributed by atoms with Gasteiger partial charge in [0.25, 0.3) is 0 Å². The lowest BCUT2D eigenvalue weighted by Crippen LogP contribution is -2.40. The summed E-state index contributed by atoms with van der Waals surface area (Å²) in [6.45, 7) is 0. The number of aryl methyl sites for hydroxylation is 1. The van der Waals surface area contributed by atoms with Gasteiger partial charge in [-0.2, -0.15) is 0 Å². The minimum atomic E-state index is 0.419. The number of benzene rings is 1. The molecular formula is C13H17N3O. The molecule has 4 nitrogen and oxygen atoms in total. The van der Waals surface area contributed by atoms with Gasteiger partial charge >= 0.3 is 0 Å². The van der Waals surface area contributed by atoms with Crippen LogP contribution in [0.25, 0.3) is 11.0 Å². The molecule has 1 N–H and O–H groups in total. The number of imidazole rings is 1. The van der Waals surface area contributed by atoms with Crippen molar-refractivity contribution in [1.82, 2.24) is 9.55 Å². The van der Waals surface area contributed by atoms with E-state index in [9.17, 15) is 0 Å². The van der Waals surface area contributed by atoms with E-state index in [1.165, 1.54) is 0 Å². The van der Waals surface area contributed by atoms with E-state index >= 15 is 0 Å². The number of ether oxygens (including phenoxy) is 1. The molecule has 1 aliphatic carbocycles. The van der Waals surface area contributed by atoms with Gasteiger partial charge in [-0.25, -0.2) is 4.98 Å². The molecule has 0 spiro atoms. The quantitative estimate of drug-likeness (QED) is 0.879. The van der Waals surface area contributed by atoms with Crippen LogP contribution in [-0.2, 0) is 11.8 Å². The molecule has 90 valence electrons. The molecule has 0 amide bonds. The van der Waals surface area contributed by atoms with E-state index in [-0.39, 0.29) is 0 Å². The van der Waals surface area contributed by atoms with Gasteiger partial charge in [0.2, 0.25) is 5.95 Å². The Bertz CT molecular complexity index is 528. The number of methoxy groups -OCH3 is 1. The van der Waals surface area contributed by atoms with Gasteiger partial charge in [-0.1, -0.05) is 12.1 Å². The summed E-state index contributed by atoms with van der Waals surface area (Å²) in [7, 11) is 3.82. The lowest BCUT2D eigenvalue weighted by Gasteiger charge is -2.34. The largest absolute Gasteiger partial charge is 0.381 e. The van der Waals surface area contributed by atoms with Crippen molar-refractivity contribution in [3.8, 4) is 0 Å². The van der Waals surface area contributed by atoms with Gasteiger partial charge in [-0.05, 0) is 25.0 Å². The predicted octanol–water partition coefficient (Wildman–Crippen LogP) is 2.16. The van der Waals surface area contributed by atoms with Crippen LogP contribution in [0.5, 0.6) is 0 Å². The molecule has 1 aromatic heterocycles. The first kappa shape index (κ1) is 10.6. The molecule has 0 radical (unpaired) electrons. The monoisotopic (exact) mass is 231 g/mol. The van der Waals surface area contributed by atoms with Crippen molar-refractivity contribution in [2.45, 2.75) is 25.0 Å². The molecule has 1 aromatic carbocycles. The Hall–Kier alpha value is -1.55. The van der Waals surface area contributed by atoms with Crippen molar-refractivity contribution in [3.05, 3.63) is 24.3 Å². The third-order valence-electron chi connectivity index (χ3n) is 3.55. The fraction of sp³-hybridized carbons (Fsp3) is 0.462. The van der Waals surface area contributed by atoms with E-state index in [4.69, 9.17) is 4.74 Å². The van der Waals surface area contributed by atoms with Crippen molar-refractivity contribution in [2.24, 2.45) is 7.05 Å². The van der Waals surface area contributed by atoms with Crippen LogP contribution in [0.4, 0.5) is 5.95 Å². The van der Waals surface area contributed by atoms with Crippen LogP contribution < -0.4 is 5.32 Å². The zero-order valence-electron chi connectivity index (χ0n) is 10.2. The van der Waals surface area contributed by atoms with Crippen LogP contribution in [0.1, 0.15) is 12.8 Å². The van der Waals surface area contributed by atoms with Gasteiger partial charge < -0.3 is 14.6 Å². The first-order valence-electron chi connectivity index (χ1n) is 5.98. The second kappa shape index (κ2) is 4.04. The summed E-state index contributed by atoms with van der Waals surface area (Å²) in [5, 5.41) is 3.47. The Kier molecular flexibility index (Phi) is 2.52. The Labute approximate surface area is 101 Å². The van der Waals surface area contributed by atoms with Crippen molar-refractivity contribution >= 4 is 17.0 Å². The highest BCUT2D eigenvalue weighted by Gasteiger charge is 2.29. The minimum absolute atomic E-state index is 0.419. The molecular weight excluding hydrogens is 214 g/mol. The van der Waals surface area contributed by atoms with Crippen molar-refractivity contribution < 1.29 is 4.74 Å². The second-order valence-electron chi connectivity index (χ2n) is 4.65. The molecule has 0 aliphatic heterocycles. The summed E-state index contributed by atoms with van der Waals surface area (Å²) >= 11 is 0. The average molecular weight is 231 g/mol. The molecule has 4 heteroatoms. The Balaban J connectivity index is 1.79. The molecule has 1 aliphatic rings. The highest BCUT2D eigenvalue weighted by molar-refractivity contribution is 5.78. The number of fused-ring (bicyclic) bond motifs is 1. The highest BCUT2D eigenvalue weighted by Crippen LogP contribution is 2.27. The third kappa shape index (κ3) is 1.78. The number of hydrogen-bond donors (Lipinski definition) is 1. The van der Waals surface area contributed by atoms with E-state index in [0.29, 0.717) is 12.1 Å². The van der Waals surface area contributed by atoms with Crippen LogP contribution in [0.3, 0.4) is 0 Å². The predicted molar refractivity (Wildman–Crippen MR) is 68.2 cm³/mol. The molecule has 1 saturated carbocycles. The molecule has 1 fully saturated rings. The zero-order chi connectivity index (χ0) is 11.8. The number of aromatic nitrogens is 2. The van der Waals surface area contributed by atoms with E-state index in [1.54, 1.807) is 7.11 Å². The lowest BCUT2D eigenvalue weighted by atomic mass is 9.89. The first-order valence-corrected chi connectivity index (χ1v) is 5.98. The molecule has 1 heterocycles. The van der Waals surface area contributed by atoms with E-state index in [0.717, 1.165) is 29.8 Å². The number of anilines is 1. The summed E-state index contributed by atoms with van der Waals surface area (Å²) in [6, 6.07) is 8.68. The van der Waals surface area contributed by atoms with Gasteiger partial charge in [0.1, 0.15) is 0 Å². The van der Waals surface area contributed by atoms with Crippen molar-refractivity contribution in [1.29, 1.82) is 0 Å². The van der Waals surface area contributed by atoms with Gasteiger partial charge in [0.15, 0.2) is 0 Å². The van der Waals surface area contributed by atoms with Gasteiger partial charge in [0.05, 0.1) is 17.1 Å². The topological polar surface area (TPSA) is 39.1 Å². The second-order valence-corrected chi connectivity index (χ2v) is 4.65. The average Bonchev–Trinajstić information content (AvgIpc) is 2.61. The summed E-state index contributed by atoms with van der Waals surface area (Å²) in [5.41, 5.74) is 2.21. The zero-order valence-corrected chi connectivity index (χ0v) is 10.2. The van der Waals surface area contributed by atoms with E-state index in [2.05, 4.69) is 20.9 Å². The fourth-order valence-electron chi connectivity index (χ4n) is 2.33. The molecule has 3 rings (SSSR count). The standard InChI is InChI=1S/C13H17N3O/c1-16-12-6-4-3-5-11(12)15-13(16)14-9-7-10(8-9)17-2/h3-6,9-10H,7-8H2,1-2H3,(H,14,15). The van der Waals surface area contributed by atoms with Crippen molar-refractivity contribution in [3.63, 3.8) is 0 Å². The highest BCUT2D eigenvalue weighted by atomic mass is 16.5. The van der Waals surface area contributed by atoms with E-state index < -0.39 is 0 Å². The van der Waals surface area contributed by atoms with Crippen LogP contribution in [0.15, 0.2) is 24.3 Å². The summed E-state index contributed by atoms with van der Waals surface area (Å²) in [5.74, 6) is 0.950. The Morgan fingerprint density at radius 1 is 1.35 bits per heavy atom. The van der Waals surface area contributed by atoms with Gasteiger partial charge in [-0.3, -0.25) is 0 Å². The van der Waals surface area contributed by atoms with Crippen LogP contribution in [0.2, 0.25) is 0 Å². The summed E-state index contributed by atoms with van der Waals surface area (Å²) < 4.78 is 7.38. The number of nitrogens with one attached hydrogen (secondary N) is 1. The Morgan fingerprint density at radius 3 is 2.82 bits per heavy atom. The molecule has 0 saturated heterocycles. The maximum absolute atomic E-state index is 5.28. The molecule has 0 unspecified atom stereocenters.